The van der Waals surface area contributed by atoms with Gasteiger partial charge >= 0.3 is 0 Å². The molecular weight excluding hydrogens is 294 g/mol. The van der Waals surface area contributed by atoms with Gasteiger partial charge in [0.2, 0.25) is 0 Å². The minimum atomic E-state index is -3.59. The lowest BCUT2D eigenvalue weighted by molar-refractivity contribution is 0.592. The second kappa shape index (κ2) is 5.85. The molecule has 0 unspecified atom stereocenters. The highest BCUT2D eigenvalue weighted by atomic mass is 35.5. The Morgan fingerprint density at radius 1 is 1.15 bits per heavy atom. The smallest absolute Gasteiger partial charge is 0.264 e. The Hall–Kier alpha value is -1.52. The third-order valence-corrected chi connectivity index (χ3v) is 5.06. The molecule has 0 aliphatic rings. The van der Waals surface area contributed by atoms with E-state index in [9.17, 15) is 8.42 Å². The molecule has 0 amide bonds. The van der Waals surface area contributed by atoms with Gasteiger partial charge in [0.25, 0.3) is 10.0 Å². The Balaban J connectivity index is 2.47. The van der Waals surface area contributed by atoms with Crippen molar-refractivity contribution in [3.63, 3.8) is 0 Å². The summed E-state index contributed by atoms with van der Waals surface area (Å²) in [7, 11) is -3.59. The van der Waals surface area contributed by atoms with Crippen LogP contribution in [0.1, 0.15) is 12.5 Å². The van der Waals surface area contributed by atoms with E-state index in [1.54, 1.807) is 37.3 Å². The molecule has 2 aromatic rings. The van der Waals surface area contributed by atoms with Crippen molar-refractivity contribution >= 4 is 27.3 Å². The van der Waals surface area contributed by atoms with Gasteiger partial charge in [0.15, 0.2) is 0 Å². The quantitative estimate of drug-likeness (QED) is 0.863. The number of halogens is 1. The molecule has 20 heavy (non-hydrogen) atoms. The number of anilines is 1. The third kappa shape index (κ3) is 2.97. The van der Waals surface area contributed by atoms with Gasteiger partial charge in [0.05, 0.1) is 10.6 Å². The molecule has 0 N–H and O–H groups in total. The van der Waals surface area contributed by atoms with Crippen molar-refractivity contribution in [2.45, 2.75) is 11.8 Å². The predicted molar refractivity (Wildman–Crippen MR) is 82.6 cm³/mol. The van der Waals surface area contributed by atoms with Gasteiger partial charge in [-0.25, -0.2) is 8.42 Å². The fraction of sp³-hybridized carbons (Fsp3) is 0.133. The van der Waals surface area contributed by atoms with E-state index in [1.165, 1.54) is 16.4 Å². The zero-order valence-electron chi connectivity index (χ0n) is 11.1. The maximum Gasteiger partial charge on any atom is 0.264 e. The van der Waals surface area contributed by atoms with Crippen LogP contribution in [0.15, 0.2) is 53.4 Å². The predicted octanol–water partition coefficient (Wildman–Crippen LogP) is 3.74. The summed E-state index contributed by atoms with van der Waals surface area (Å²) in [6.45, 7) is 5.96. The lowest BCUT2D eigenvalue weighted by Crippen LogP contribution is -2.30. The van der Waals surface area contributed by atoms with Gasteiger partial charge < -0.3 is 0 Å². The van der Waals surface area contributed by atoms with Crippen LogP contribution in [0.4, 0.5) is 5.69 Å². The molecule has 0 aromatic heterocycles. The monoisotopic (exact) mass is 308 g/mol. The van der Waals surface area contributed by atoms with Crippen LogP contribution >= 0.6 is 11.6 Å². The summed E-state index contributed by atoms with van der Waals surface area (Å²) in [6, 6.07) is 13.3. The molecule has 0 bridgehead atoms. The molecule has 0 saturated carbocycles. The molecule has 0 aliphatic heterocycles. The SMILES string of the molecule is [CH2]c1cccc(N(CC)S(=O)(=O)c2ccc(Cl)cc2)c1. The molecule has 0 aliphatic carbocycles. The summed E-state index contributed by atoms with van der Waals surface area (Å²) in [5, 5.41) is 0.506. The maximum atomic E-state index is 12.6. The first-order valence-corrected chi connectivity index (χ1v) is 7.97. The fourth-order valence-corrected chi connectivity index (χ4v) is 3.53. The topological polar surface area (TPSA) is 37.4 Å². The van der Waals surface area contributed by atoms with Crippen molar-refractivity contribution in [2.24, 2.45) is 0 Å². The van der Waals surface area contributed by atoms with E-state index in [4.69, 9.17) is 11.6 Å². The first-order valence-electron chi connectivity index (χ1n) is 6.15. The van der Waals surface area contributed by atoms with Crippen LogP contribution in [-0.2, 0) is 10.0 Å². The minimum absolute atomic E-state index is 0.221. The summed E-state index contributed by atoms with van der Waals surface area (Å²) in [4.78, 5) is 0.221. The normalized spacial score (nSPS) is 11.3. The fourth-order valence-electron chi connectivity index (χ4n) is 1.94. The first kappa shape index (κ1) is 14.9. The minimum Gasteiger partial charge on any atom is -0.267 e. The molecule has 0 atom stereocenters. The van der Waals surface area contributed by atoms with E-state index in [1.807, 2.05) is 6.07 Å². The second-order valence-electron chi connectivity index (χ2n) is 4.29. The molecule has 0 spiro atoms. The number of sulfonamides is 1. The molecule has 0 saturated heterocycles. The van der Waals surface area contributed by atoms with Gasteiger partial charge in [-0.1, -0.05) is 23.7 Å². The van der Waals surface area contributed by atoms with Crippen molar-refractivity contribution in [2.75, 3.05) is 10.8 Å². The summed E-state index contributed by atoms with van der Waals surface area (Å²) in [5.41, 5.74) is 1.38. The molecule has 2 rings (SSSR count). The average Bonchev–Trinajstić information content (AvgIpc) is 2.40. The summed E-state index contributed by atoms with van der Waals surface area (Å²) < 4.78 is 26.6. The van der Waals surface area contributed by atoms with Gasteiger partial charge in [-0.2, -0.15) is 0 Å². The van der Waals surface area contributed by atoms with E-state index < -0.39 is 10.0 Å². The Labute approximate surface area is 124 Å². The zero-order valence-corrected chi connectivity index (χ0v) is 12.7. The van der Waals surface area contributed by atoms with Gasteiger partial charge in [0, 0.05) is 11.6 Å². The van der Waals surface area contributed by atoms with E-state index in [0.717, 1.165) is 5.56 Å². The van der Waals surface area contributed by atoms with Crippen molar-refractivity contribution < 1.29 is 8.42 Å². The Morgan fingerprint density at radius 3 is 2.35 bits per heavy atom. The van der Waals surface area contributed by atoms with Crippen molar-refractivity contribution in [3.05, 3.63) is 66.0 Å². The largest absolute Gasteiger partial charge is 0.267 e. The molecule has 1 radical (unpaired) electrons. The van der Waals surface area contributed by atoms with Crippen LogP contribution in [0.2, 0.25) is 5.02 Å². The summed E-state index contributed by atoms with van der Waals surface area (Å²) in [6.07, 6.45) is 0. The molecule has 3 nitrogen and oxygen atoms in total. The number of rotatable bonds is 4. The zero-order chi connectivity index (χ0) is 14.8. The highest BCUT2D eigenvalue weighted by Gasteiger charge is 2.23. The number of hydrogen-bond acceptors (Lipinski definition) is 2. The van der Waals surface area contributed by atoms with Gasteiger partial charge in [0.1, 0.15) is 0 Å². The molecule has 0 heterocycles. The van der Waals surface area contributed by atoms with E-state index in [0.29, 0.717) is 17.3 Å². The molecule has 0 fully saturated rings. The second-order valence-corrected chi connectivity index (χ2v) is 6.59. The van der Waals surface area contributed by atoms with Crippen LogP contribution < -0.4 is 4.31 Å². The van der Waals surface area contributed by atoms with Crippen LogP contribution in [0.5, 0.6) is 0 Å². The average molecular weight is 309 g/mol. The molecule has 2 aromatic carbocycles. The van der Waals surface area contributed by atoms with E-state index in [-0.39, 0.29) is 4.90 Å². The molecule has 105 valence electrons. The Bertz CT molecular complexity index is 696. The molecular formula is C15H15ClNO2S. The maximum absolute atomic E-state index is 12.6. The van der Waals surface area contributed by atoms with Crippen molar-refractivity contribution in [1.29, 1.82) is 0 Å². The van der Waals surface area contributed by atoms with Crippen LogP contribution in [0.3, 0.4) is 0 Å². The third-order valence-electron chi connectivity index (χ3n) is 2.89. The Kier molecular flexibility index (Phi) is 4.35. The van der Waals surface area contributed by atoms with Crippen LogP contribution in [-0.4, -0.2) is 15.0 Å². The molecule has 5 heteroatoms. The Morgan fingerprint density at radius 2 is 1.80 bits per heavy atom. The van der Waals surface area contributed by atoms with Crippen LogP contribution in [0.25, 0.3) is 0 Å². The van der Waals surface area contributed by atoms with Crippen LogP contribution in [0, 0.1) is 6.92 Å². The lowest BCUT2D eigenvalue weighted by atomic mass is 10.2. The van der Waals surface area contributed by atoms with Gasteiger partial charge in [-0.05, 0) is 55.8 Å². The van der Waals surface area contributed by atoms with Crippen molar-refractivity contribution in [1.82, 2.24) is 0 Å². The highest BCUT2D eigenvalue weighted by molar-refractivity contribution is 7.92. The first-order chi connectivity index (χ1) is 9.45. The summed E-state index contributed by atoms with van der Waals surface area (Å²) >= 11 is 5.80. The van der Waals surface area contributed by atoms with E-state index >= 15 is 0 Å². The standard InChI is InChI=1S/C15H15ClNO2S/c1-3-17(14-6-4-5-12(2)11-14)20(18,19)15-9-7-13(16)8-10-15/h4-11H,2-3H2,1H3. The van der Waals surface area contributed by atoms with Gasteiger partial charge in [-0.3, -0.25) is 4.31 Å². The number of hydrogen-bond donors (Lipinski definition) is 0. The van der Waals surface area contributed by atoms with Crippen molar-refractivity contribution in [3.8, 4) is 0 Å². The number of benzene rings is 2. The highest BCUT2D eigenvalue weighted by Crippen LogP contribution is 2.25. The lowest BCUT2D eigenvalue weighted by Gasteiger charge is -2.23. The van der Waals surface area contributed by atoms with E-state index in [2.05, 4.69) is 6.92 Å². The summed E-state index contributed by atoms with van der Waals surface area (Å²) in [5.74, 6) is 0. The van der Waals surface area contributed by atoms with Gasteiger partial charge in [-0.15, -0.1) is 0 Å². The number of nitrogens with zero attached hydrogens (tertiary/aromatic N) is 1.